The number of hydrogen-bond donors (Lipinski definition) is 1. The smallest absolute Gasteiger partial charge is 0.120 e. The number of ether oxygens (including phenoxy) is 1. The first-order valence-corrected chi connectivity index (χ1v) is 7.24. The van der Waals surface area contributed by atoms with Crippen LogP contribution in [0.15, 0.2) is 29.8 Å². The molecule has 3 heteroatoms. The maximum Gasteiger partial charge on any atom is 0.120 e. The number of methoxy groups -OCH3 is 1. The van der Waals surface area contributed by atoms with Crippen molar-refractivity contribution in [2.24, 2.45) is 5.41 Å². The van der Waals surface area contributed by atoms with E-state index >= 15 is 0 Å². The van der Waals surface area contributed by atoms with Gasteiger partial charge in [0.1, 0.15) is 5.75 Å². The summed E-state index contributed by atoms with van der Waals surface area (Å²) in [6.45, 7) is 9.89. The van der Waals surface area contributed by atoms with E-state index in [1.807, 2.05) is 12.1 Å². The summed E-state index contributed by atoms with van der Waals surface area (Å²) >= 11 is 0. The van der Waals surface area contributed by atoms with Crippen molar-refractivity contribution in [1.29, 1.82) is 0 Å². The molecule has 110 valence electrons. The molecule has 0 amide bonds. The van der Waals surface area contributed by atoms with E-state index in [0.29, 0.717) is 5.41 Å². The number of rotatable bonds is 3. The third kappa shape index (κ3) is 3.54. The molecule has 0 aliphatic carbocycles. The molecule has 1 heterocycles. The predicted octanol–water partition coefficient (Wildman–Crippen LogP) is 3.46. The molecular formula is C17H26N2O. The monoisotopic (exact) mass is 274 g/mol. The van der Waals surface area contributed by atoms with Gasteiger partial charge in [-0.25, -0.2) is 0 Å². The summed E-state index contributed by atoms with van der Waals surface area (Å²) in [5.41, 5.74) is 9.95. The summed E-state index contributed by atoms with van der Waals surface area (Å²) in [5.74, 6) is 0.819. The van der Waals surface area contributed by atoms with Gasteiger partial charge in [0.2, 0.25) is 0 Å². The van der Waals surface area contributed by atoms with Gasteiger partial charge >= 0.3 is 0 Å². The van der Waals surface area contributed by atoms with Crippen LogP contribution in [0.25, 0.3) is 0 Å². The highest BCUT2D eigenvalue weighted by atomic mass is 16.5. The number of anilines is 1. The van der Waals surface area contributed by atoms with Crippen LogP contribution >= 0.6 is 0 Å². The van der Waals surface area contributed by atoms with Crippen LogP contribution in [0.4, 0.5) is 5.69 Å². The lowest BCUT2D eigenvalue weighted by molar-refractivity contribution is 0.272. The van der Waals surface area contributed by atoms with Crippen LogP contribution in [0.2, 0.25) is 0 Å². The molecule has 0 saturated heterocycles. The first-order chi connectivity index (χ1) is 9.40. The number of nitrogens with two attached hydrogens (primary N) is 1. The SMILES string of the molecule is COc1ccc(CN2CC=C(C(C)(C)C)CC2)c(N)c1. The molecule has 0 radical (unpaired) electrons. The van der Waals surface area contributed by atoms with Crippen molar-refractivity contribution >= 4 is 5.69 Å². The Kier molecular flexibility index (Phi) is 4.39. The van der Waals surface area contributed by atoms with Gasteiger partial charge in [-0.2, -0.15) is 0 Å². The van der Waals surface area contributed by atoms with E-state index < -0.39 is 0 Å². The van der Waals surface area contributed by atoms with Gasteiger partial charge in [-0.05, 0) is 23.5 Å². The van der Waals surface area contributed by atoms with Gasteiger partial charge in [0.25, 0.3) is 0 Å². The largest absolute Gasteiger partial charge is 0.497 e. The summed E-state index contributed by atoms with van der Waals surface area (Å²) in [7, 11) is 1.66. The highest BCUT2D eigenvalue weighted by molar-refractivity contribution is 5.51. The number of nitrogens with zero attached hydrogens (tertiary/aromatic N) is 1. The number of nitrogen functional groups attached to an aromatic ring is 1. The van der Waals surface area contributed by atoms with E-state index in [9.17, 15) is 0 Å². The van der Waals surface area contributed by atoms with Crippen LogP contribution in [-0.4, -0.2) is 25.1 Å². The van der Waals surface area contributed by atoms with Crippen LogP contribution in [0.5, 0.6) is 5.75 Å². The van der Waals surface area contributed by atoms with Gasteiger partial charge in [0.15, 0.2) is 0 Å². The Bertz CT molecular complexity index is 500. The fraction of sp³-hybridized carbons (Fsp3) is 0.529. The Morgan fingerprint density at radius 2 is 2.05 bits per heavy atom. The molecule has 2 N–H and O–H groups in total. The minimum Gasteiger partial charge on any atom is -0.497 e. The molecule has 1 aromatic rings. The van der Waals surface area contributed by atoms with Gasteiger partial charge in [0.05, 0.1) is 7.11 Å². The van der Waals surface area contributed by atoms with E-state index in [1.165, 1.54) is 5.56 Å². The van der Waals surface area contributed by atoms with Crippen molar-refractivity contribution in [2.75, 3.05) is 25.9 Å². The summed E-state index contributed by atoms with van der Waals surface area (Å²) in [6.07, 6.45) is 3.53. The molecule has 2 rings (SSSR count). The van der Waals surface area contributed by atoms with Crippen LogP contribution in [0.3, 0.4) is 0 Å². The van der Waals surface area contributed by atoms with Crippen molar-refractivity contribution in [3.63, 3.8) is 0 Å². The molecule has 1 aliphatic heterocycles. The minimum absolute atomic E-state index is 0.297. The standard InChI is InChI=1S/C17H26N2O/c1-17(2,3)14-7-9-19(10-8-14)12-13-5-6-15(20-4)11-16(13)18/h5-7,11H,8-10,12,18H2,1-4H3. The topological polar surface area (TPSA) is 38.5 Å². The van der Waals surface area contributed by atoms with Crippen LogP contribution < -0.4 is 10.5 Å². The Morgan fingerprint density at radius 1 is 1.30 bits per heavy atom. The van der Waals surface area contributed by atoms with Gasteiger partial charge < -0.3 is 10.5 Å². The average Bonchev–Trinajstić information content (AvgIpc) is 2.40. The van der Waals surface area contributed by atoms with Crippen LogP contribution in [-0.2, 0) is 6.54 Å². The lowest BCUT2D eigenvalue weighted by Gasteiger charge is -2.32. The molecule has 0 atom stereocenters. The van der Waals surface area contributed by atoms with E-state index in [4.69, 9.17) is 10.5 Å². The Balaban J connectivity index is 2.01. The highest BCUT2D eigenvalue weighted by Crippen LogP contribution is 2.31. The van der Waals surface area contributed by atoms with Gasteiger partial charge in [-0.15, -0.1) is 0 Å². The molecular weight excluding hydrogens is 248 g/mol. The lowest BCUT2D eigenvalue weighted by atomic mass is 9.83. The maximum absolute atomic E-state index is 6.09. The van der Waals surface area contributed by atoms with Gasteiger partial charge in [-0.1, -0.05) is 38.5 Å². The fourth-order valence-electron chi connectivity index (χ4n) is 2.62. The summed E-state index contributed by atoms with van der Waals surface area (Å²) < 4.78 is 5.19. The second-order valence-electron chi connectivity index (χ2n) is 6.53. The maximum atomic E-state index is 6.09. The molecule has 0 unspecified atom stereocenters. The molecule has 1 aliphatic rings. The molecule has 0 saturated carbocycles. The van der Waals surface area contributed by atoms with Crippen molar-refractivity contribution in [3.8, 4) is 5.75 Å². The molecule has 1 aromatic carbocycles. The summed E-state index contributed by atoms with van der Waals surface area (Å²) in [4.78, 5) is 2.44. The lowest BCUT2D eigenvalue weighted by Crippen LogP contribution is -2.31. The first kappa shape index (κ1) is 14.9. The molecule has 0 aromatic heterocycles. The molecule has 0 bridgehead atoms. The zero-order valence-corrected chi connectivity index (χ0v) is 13.1. The number of hydrogen-bond acceptors (Lipinski definition) is 3. The van der Waals surface area contributed by atoms with Gasteiger partial charge in [-0.3, -0.25) is 4.90 Å². The number of benzene rings is 1. The summed E-state index contributed by atoms with van der Waals surface area (Å²) in [5, 5.41) is 0. The molecule has 3 nitrogen and oxygen atoms in total. The third-order valence-electron chi connectivity index (χ3n) is 4.00. The second kappa shape index (κ2) is 5.88. The normalized spacial score (nSPS) is 16.9. The van der Waals surface area contributed by atoms with Crippen molar-refractivity contribution in [3.05, 3.63) is 35.4 Å². The Labute approximate surface area is 122 Å². The van der Waals surface area contributed by atoms with Crippen molar-refractivity contribution < 1.29 is 4.74 Å². The van der Waals surface area contributed by atoms with Gasteiger partial charge in [0, 0.05) is 31.4 Å². The fourth-order valence-corrected chi connectivity index (χ4v) is 2.62. The highest BCUT2D eigenvalue weighted by Gasteiger charge is 2.21. The van der Waals surface area contributed by atoms with Crippen LogP contribution in [0, 0.1) is 5.41 Å². The van der Waals surface area contributed by atoms with Crippen molar-refractivity contribution in [2.45, 2.75) is 33.7 Å². The Hall–Kier alpha value is -1.48. The summed E-state index contributed by atoms with van der Waals surface area (Å²) in [6, 6.07) is 5.94. The minimum atomic E-state index is 0.297. The van der Waals surface area contributed by atoms with E-state index in [-0.39, 0.29) is 0 Å². The second-order valence-corrected chi connectivity index (χ2v) is 6.53. The van der Waals surface area contributed by atoms with Crippen LogP contribution in [0.1, 0.15) is 32.8 Å². The predicted molar refractivity (Wildman–Crippen MR) is 84.8 cm³/mol. The van der Waals surface area contributed by atoms with E-state index in [0.717, 1.165) is 37.5 Å². The zero-order chi connectivity index (χ0) is 14.8. The average molecular weight is 274 g/mol. The van der Waals surface area contributed by atoms with E-state index in [1.54, 1.807) is 12.7 Å². The first-order valence-electron chi connectivity index (χ1n) is 7.24. The molecule has 0 spiro atoms. The zero-order valence-electron chi connectivity index (χ0n) is 13.1. The Morgan fingerprint density at radius 3 is 2.55 bits per heavy atom. The van der Waals surface area contributed by atoms with Crippen molar-refractivity contribution in [1.82, 2.24) is 4.90 Å². The molecule has 0 fully saturated rings. The quantitative estimate of drug-likeness (QED) is 0.677. The third-order valence-corrected chi connectivity index (χ3v) is 4.00. The molecule has 20 heavy (non-hydrogen) atoms. The van der Waals surface area contributed by atoms with E-state index in [2.05, 4.69) is 37.8 Å².